The average molecular weight is 244 g/mol. The molecule has 0 radical (unpaired) electrons. The molecule has 0 bridgehead atoms. The lowest BCUT2D eigenvalue weighted by Gasteiger charge is -2.10. The van der Waals surface area contributed by atoms with Crippen molar-refractivity contribution in [1.29, 1.82) is 0 Å². The van der Waals surface area contributed by atoms with Gasteiger partial charge in [0.15, 0.2) is 0 Å². The zero-order valence-electron chi connectivity index (χ0n) is 12.2. The lowest BCUT2D eigenvalue weighted by atomic mass is 10.0. The van der Waals surface area contributed by atoms with E-state index < -0.39 is 0 Å². The van der Waals surface area contributed by atoms with Crippen molar-refractivity contribution in [1.82, 2.24) is 9.55 Å². The van der Waals surface area contributed by atoms with E-state index in [0.717, 1.165) is 0 Å². The van der Waals surface area contributed by atoms with E-state index in [2.05, 4.69) is 51.4 Å². The average Bonchev–Trinajstić information content (AvgIpc) is 2.69. The largest absolute Gasteiger partial charge is 0.331 e. The molecule has 1 aromatic heterocycles. The molecule has 1 heterocycles. The van der Waals surface area contributed by atoms with E-state index in [1.54, 1.807) is 0 Å². The van der Waals surface area contributed by atoms with Gasteiger partial charge in [-0.3, -0.25) is 0 Å². The first-order valence-corrected chi connectivity index (χ1v) is 6.98. The van der Waals surface area contributed by atoms with Crippen LogP contribution in [0.5, 0.6) is 0 Å². The molecule has 0 aliphatic heterocycles. The summed E-state index contributed by atoms with van der Waals surface area (Å²) in [5.74, 6) is 1.77. The van der Waals surface area contributed by atoms with Gasteiger partial charge in [0, 0.05) is 13.0 Å². The number of rotatable bonds is 4. The standard InChI is InChI=1S/C16H24N2/c1-6-7-8-12(3)16-17-15-13(4)11(2)9-10-14(15)18(16)5/h9-10,12H,6-8H2,1-5H3/t12-/m0/s1. The van der Waals surface area contributed by atoms with Crippen LogP contribution >= 0.6 is 0 Å². The van der Waals surface area contributed by atoms with Crippen LogP contribution in [0.3, 0.4) is 0 Å². The second-order valence-electron chi connectivity index (χ2n) is 5.45. The van der Waals surface area contributed by atoms with Gasteiger partial charge in [-0.2, -0.15) is 0 Å². The summed E-state index contributed by atoms with van der Waals surface area (Å²) in [5, 5.41) is 0. The van der Waals surface area contributed by atoms with Gasteiger partial charge in [-0.15, -0.1) is 0 Å². The van der Waals surface area contributed by atoms with E-state index >= 15 is 0 Å². The summed E-state index contributed by atoms with van der Waals surface area (Å²) in [6, 6.07) is 4.39. The predicted molar refractivity (Wildman–Crippen MR) is 78.1 cm³/mol. The fourth-order valence-corrected chi connectivity index (χ4v) is 2.59. The van der Waals surface area contributed by atoms with Crippen molar-refractivity contribution in [2.75, 3.05) is 0 Å². The lowest BCUT2D eigenvalue weighted by Crippen LogP contribution is -2.03. The van der Waals surface area contributed by atoms with Gasteiger partial charge in [-0.25, -0.2) is 4.98 Å². The Bertz CT molecular complexity index is 552. The zero-order chi connectivity index (χ0) is 13.3. The Morgan fingerprint density at radius 2 is 2.00 bits per heavy atom. The molecule has 0 aliphatic rings. The Balaban J connectivity index is 2.47. The van der Waals surface area contributed by atoms with Crippen LogP contribution in [0.25, 0.3) is 11.0 Å². The third kappa shape index (κ3) is 2.16. The van der Waals surface area contributed by atoms with E-state index in [4.69, 9.17) is 4.98 Å². The molecule has 2 heteroatoms. The number of benzene rings is 1. The summed E-state index contributed by atoms with van der Waals surface area (Å²) < 4.78 is 2.27. The van der Waals surface area contributed by atoms with E-state index in [1.165, 1.54) is 47.2 Å². The third-order valence-corrected chi connectivity index (χ3v) is 4.04. The van der Waals surface area contributed by atoms with Gasteiger partial charge >= 0.3 is 0 Å². The second-order valence-corrected chi connectivity index (χ2v) is 5.45. The molecule has 0 N–H and O–H groups in total. The number of hydrogen-bond acceptors (Lipinski definition) is 1. The van der Waals surface area contributed by atoms with Crippen LogP contribution in [0, 0.1) is 13.8 Å². The maximum absolute atomic E-state index is 4.89. The lowest BCUT2D eigenvalue weighted by molar-refractivity contribution is 0.580. The van der Waals surface area contributed by atoms with Gasteiger partial charge in [0.05, 0.1) is 11.0 Å². The first-order valence-electron chi connectivity index (χ1n) is 6.98. The summed E-state index contributed by atoms with van der Waals surface area (Å²) >= 11 is 0. The van der Waals surface area contributed by atoms with Crippen molar-refractivity contribution in [2.24, 2.45) is 7.05 Å². The van der Waals surface area contributed by atoms with E-state index in [-0.39, 0.29) is 0 Å². The minimum Gasteiger partial charge on any atom is -0.331 e. The molecule has 0 fully saturated rings. The molecule has 2 rings (SSSR count). The Labute approximate surface area is 110 Å². The molecule has 98 valence electrons. The third-order valence-electron chi connectivity index (χ3n) is 4.04. The maximum atomic E-state index is 4.89. The fraction of sp³-hybridized carbons (Fsp3) is 0.562. The Morgan fingerprint density at radius 3 is 2.67 bits per heavy atom. The molecule has 0 saturated carbocycles. The van der Waals surface area contributed by atoms with Crippen LogP contribution in [0.2, 0.25) is 0 Å². The summed E-state index contributed by atoms with van der Waals surface area (Å²) in [4.78, 5) is 4.89. The smallest absolute Gasteiger partial charge is 0.112 e. The minimum absolute atomic E-state index is 0.544. The molecule has 0 unspecified atom stereocenters. The first-order chi connectivity index (χ1) is 8.56. The molecule has 0 aliphatic carbocycles. The Hall–Kier alpha value is -1.31. The normalized spacial score (nSPS) is 13.2. The van der Waals surface area contributed by atoms with Crippen molar-refractivity contribution in [3.05, 3.63) is 29.1 Å². The molecule has 2 aromatic rings. The highest BCUT2D eigenvalue weighted by Gasteiger charge is 2.15. The Morgan fingerprint density at radius 1 is 1.28 bits per heavy atom. The van der Waals surface area contributed by atoms with Gasteiger partial charge in [0.1, 0.15) is 5.82 Å². The highest BCUT2D eigenvalue weighted by Crippen LogP contribution is 2.27. The van der Waals surface area contributed by atoms with Crippen molar-refractivity contribution < 1.29 is 0 Å². The molecule has 2 nitrogen and oxygen atoms in total. The number of aromatic nitrogens is 2. The SMILES string of the molecule is CCCC[C@H](C)c1nc2c(C)c(C)ccc2n1C. The van der Waals surface area contributed by atoms with Gasteiger partial charge in [-0.1, -0.05) is 32.8 Å². The Kier molecular flexibility index (Phi) is 3.74. The van der Waals surface area contributed by atoms with Crippen LogP contribution in [0.1, 0.15) is 56.0 Å². The molecular formula is C16H24N2. The van der Waals surface area contributed by atoms with Crippen molar-refractivity contribution in [2.45, 2.75) is 52.9 Å². The summed E-state index contributed by atoms with van der Waals surface area (Å²) in [6.07, 6.45) is 3.76. The number of imidazole rings is 1. The quantitative estimate of drug-likeness (QED) is 0.775. The van der Waals surface area contributed by atoms with Crippen molar-refractivity contribution in [3.63, 3.8) is 0 Å². The topological polar surface area (TPSA) is 17.8 Å². The molecule has 0 spiro atoms. The number of nitrogens with zero attached hydrogens (tertiary/aromatic N) is 2. The van der Waals surface area contributed by atoms with Crippen LogP contribution < -0.4 is 0 Å². The number of hydrogen-bond donors (Lipinski definition) is 0. The van der Waals surface area contributed by atoms with Gasteiger partial charge in [0.2, 0.25) is 0 Å². The van der Waals surface area contributed by atoms with E-state index in [0.29, 0.717) is 5.92 Å². The van der Waals surface area contributed by atoms with Gasteiger partial charge in [-0.05, 0) is 37.5 Å². The zero-order valence-corrected chi connectivity index (χ0v) is 12.2. The van der Waals surface area contributed by atoms with Crippen molar-refractivity contribution in [3.8, 4) is 0 Å². The van der Waals surface area contributed by atoms with Crippen LogP contribution in [0.4, 0.5) is 0 Å². The molecule has 0 amide bonds. The number of unbranched alkanes of at least 4 members (excludes halogenated alkanes) is 1. The monoisotopic (exact) mass is 244 g/mol. The first kappa shape index (κ1) is 13.1. The van der Waals surface area contributed by atoms with Crippen LogP contribution in [-0.2, 0) is 7.05 Å². The highest BCUT2D eigenvalue weighted by atomic mass is 15.1. The van der Waals surface area contributed by atoms with E-state index in [9.17, 15) is 0 Å². The number of fused-ring (bicyclic) bond motifs is 1. The second kappa shape index (κ2) is 5.13. The molecule has 1 aromatic carbocycles. The molecule has 1 atom stereocenters. The summed E-state index contributed by atoms with van der Waals surface area (Å²) in [6.45, 7) is 8.86. The molecule has 18 heavy (non-hydrogen) atoms. The van der Waals surface area contributed by atoms with Crippen molar-refractivity contribution >= 4 is 11.0 Å². The number of aryl methyl sites for hydroxylation is 3. The van der Waals surface area contributed by atoms with Crippen LogP contribution in [0.15, 0.2) is 12.1 Å². The van der Waals surface area contributed by atoms with Crippen LogP contribution in [-0.4, -0.2) is 9.55 Å². The summed E-state index contributed by atoms with van der Waals surface area (Å²) in [7, 11) is 2.14. The molecule has 0 saturated heterocycles. The fourth-order valence-electron chi connectivity index (χ4n) is 2.59. The van der Waals surface area contributed by atoms with Gasteiger partial charge < -0.3 is 4.57 Å². The highest BCUT2D eigenvalue weighted by molar-refractivity contribution is 5.80. The summed E-state index contributed by atoms with van der Waals surface area (Å²) in [5.41, 5.74) is 5.08. The molecular weight excluding hydrogens is 220 g/mol. The predicted octanol–water partition coefficient (Wildman–Crippen LogP) is 4.48. The van der Waals surface area contributed by atoms with Gasteiger partial charge in [0.25, 0.3) is 0 Å². The maximum Gasteiger partial charge on any atom is 0.112 e. The van der Waals surface area contributed by atoms with E-state index in [1.807, 2.05) is 0 Å². The minimum atomic E-state index is 0.544.